The van der Waals surface area contributed by atoms with Gasteiger partial charge in [0.1, 0.15) is 5.69 Å². The van der Waals surface area contributed by atoms with Gasteiger partial charge in [-0.15, -0.1) is 0 Å². The van der Waals surface area contributed by atoms with Crippen molar-refractivity contribution in [1.29, 1.82) is 0 Å². The Kier molecular flexibility index (Phi) is 3.84. The van der Waals surface area contributed by atoms with Gasteiger partial charge in [0.15, 0.2) is 0 Å². The van der Waals surface area contributed by atoms with E-state index < -0.39 is 0 Å². The normalized spacial score (nSPS) is 24.3. The van der Waals surface area contributed by atoms with Crippen LogP contribution in [0.15, 0.2) is 12.4 Å². The summed E-state index contributed by atoms with van der Waals surface area (Å²) in [7, 11) is 0. The number of amides is 1. The van der Waals surface area contributed by atoms with E-state index in [1.165, 1.54) is 38.8 Å². The quantitative estimate of drug-likeness (QED) is 0.859. The number of nitrogens with zero attached hydrogens (tertiary/aromatic N) is 4. The molecular formula is C18H26N4O. The summed E-state index contributed by atoms with van der Waals surface area (Å²) in [6.45, 7) is 6.15. The summed E-state index contributed by atoms with van der Waals surface area (Å²) < 4.78 is 0. The van der Waals surface area contributed by atoms with Crippen molar-refractivity contribution < 1.29 is 4.79 Å². The molecule has 3 aliphatic rings. The Labute approximate surface area is 138 Å². The van der Waals surface area contributed by atoms with Gasteiger partial charge in [-0.3, -0.25) is 14.7 Å². The van der Waals surface area contributed by atoms with Gasteiger partial charge >= 0.3 is 0 Å². The van der Waals surface area contributed by atoms with Gasteiger partial charge < -0.3 is 4.90 Å². The lowest BCUT2D eigenvalue weighted by Gasteiger charge is -2.45. The molecule has 2 saturated heterocycles. The van der Waals surface area contributed by atoms with E-state index in [-0.39, 0.29) is 5.91 Å². The second kappa shape index (κ2) is 5.86. The van der Waals surface area contributed by atoms with Crippen LogP contribution >= 0.6 is 0 Å². The van der Waals surface area contributed by atoms with E-state index in [9.17, 15) is 4.79 Å². The van der Waals surface area contributed by atoms with Gasteiger partial charge in [-0.1, -0.05) is 0 Å². The lowest BCUT2D eigenvalue weighted by Crippen LogP contribution is -2.53. The van der Waals surface area contributed by atoms with Crippen LogP contribution in [-0.4, -0.2) is 57.4 Å². The third-order valence-corrected chi connectivity index (χ3v) is 5.90. The Hall–Kier alpha value is -1.49. The highest BCUT2D eigenvalue weighted by atomic mass is 16.2. The lowest BCUT2D eigenvalue weighted by atomic mass is 9.84. The third kappa shape index (κ3) is 2.99. The Morgan fingerprint density at radius 2 is 1.96 bits per heavy atom. The van der Waals surface area contributed by atoms with Crippen molar-refractivity contribution in [2.24, 2.45) is 5.92 Å². The number of rotatable bonds is 3. The van der Waals surface area contributed by atoms with Crippen LogP contribution in [0.1, 0.15) is 54.7 Å². The van der Waals surface area contributed by atoms with Crippen LogP contribution in [0.3, 0.4) is 0 Å². The SMILES string of the molecule is Cc1cnc(C(=O)N2CCC3(CCCN3CC3CC3)CC2)cn1. The molecule has 5 heteroatoms. The molecule has 0 unspecified atom stereocenters. The maximum absolute atomic E-state index is 12.6. The summed E-state index contributed by atoms with van der Waals surface area (Å²) in [4.78, 5) is 25.8. The summed E-state index contributed by atoms with van der Waals surface area (Å²) >= 11 is 0. The number of hydrogen-bond acceptors (Lipinski definition) is 4. The average molecular weight is 314 g/mol. The number of piperidine rings is 1. The summed E-state index contributed by atoms with van der Waals surface area (Å²) in [5.41, 5.74) is 1.70. The molecule has 1 spiro atoms. The smallest absolute Gasteiger partial charge is 0.274 e. The number of aryl methyl sites for hydroxylation is 1. The molecule has 5 nitrogen and oxygen atoms in total. The zero-order chi connectivity index (χ0) is 15.9. The minimum atomic E-state index is 0.0408. The van der Waals surface area contributed by atoms with Gasteiger partial charge in [-0.25, -0.2) is 4.98 Å². The molecule has 3 fully saturated rings. The highest BCUT2D eigenvalue weighted by Crippen LogP contribution is 2.41. The van der Waals surface area contributed by atoms with Crippen molar-refractivity contribution >= 4 is 5.91 Å². The molecular weight excluding hydrogens is 288 g/mol. The van der Waals surface area contributed by atoms with Gasteiger partial charge in [0.2, 0.25) is 0 Å². The Morgan fingerprint density at radius 3 is 2.61 bits per heavy atom. The molecule has 1 saturated carbocycles. The predicted molar refractivity (Wildman–Crippen MR) is 88.2 cm³/mol. The zero-order valence-electron chi connectivity index (χ0n) is 14.0. The molecule has 0 atom stereocenters. The van der Waals surface area contributed by atoms with Gasteiger partial charge in [-0.05, 0) is 57.9 Å². The van der Waals surface area contributed by atoms with Crippen LogP contribution in [0.4, 0.5) is 0 Å². The van der Waals surface area contributed by atoms with Crippen molar-refractivity contribution in [3.8, 4) is 0 Å². The number of aromatic nitrogens is 2. The second-order valence-corrected chi connectivity index (χ2v) is 7.55. The van der Waals surface area contributed by atoms with E-state index in [1.807, 2.05) is 11.8 Å². The fourth-order valence-electron chi connectivity index (χ4n) is 4.25. The van der Waals surface area contributed by atoms with Crippen molar-refractivity contribution in [3.63, 3.8) is 0 Å². The zero-order valence-corrected chi connectivity index (χ0v) is 14.0. The molecule has 124 valence electrons. The first-order valence-electron chi connectivity index (χ1n) is 8.99. The van der Waals surface area contributed by atoms with E-state index in [4.69, 9.17) is 0 Å². The van der Waals surface area contributed by atoms with Gasteiger partial charge in [-0.2, -0.15) is 0 Å². The fraction of sp³-hybridized carbons (Fsp3) is 0.722. The van der Waals surface area contributed by atoms with Crippen molar-refractivity contribution in [1.82, 2.24) is 19.8 Å². The molecule has 0 bridgehead atoms. The highest BCUT2D eigenvalue weighted by Gasteiger charge is 2.45. The Balaban J connectivity index is 1.40. The number of carbonyl (C=O) groups excluding carboxylic acids is 1. The summed E-state index contributed by atoms with van der Waals surface area (Å²) in [6, 6.07) is 0. The molecule has 0 radical (unpaired) electrons. The van der Waals surface area contributed by atoms with Crippen LogP contribution in [0.25, 0.3) is 0 Å². The number of carbonyl (C=O) groups is 1. The van der Waals surface area contributed by atoms with Gasteiger partial charge in [0.05, 0.1) is 11.9 Å². The van der Waals surface area contributed by atoms with Crippen molar-refractivity contribution in [2.75, 3.05) is 26.2 Å². The first-order valence-corrected chi connectivity index (χ1v) is 8.99. The predicted octanol–water partition coefficient (Wildman–Crippen LogP) is 2.27. The summed E-state index contributed by atoms with van der Waals surface area (Å²) in [5.74, 6) is 0.992. The first kappa shape index (κ1) is 15.1. The monoisotopic (exact) mass is 314 g/mol. The standard InChI is InChI=1S/C18H26N4O/c1-14-11-20-16(12-19-14)17(23)21-9-6-18(7-10-21)5-2-8-22(18)13-15-3-4-15/h11-12,15H,2-10,13H2,1H3. The summed E-state index contributed by atoms with van der Waals surface area (Å²) in [6.07, 6.45) is 11.0. The van der Waals surface area contributed by atoms with Crippen LogP contribution in [-0.2, 0) is 0 Å². The largest absolute Gasteiger partial charge is 0.337 e. The third-order valence-electron chi connectivity index (χ3n) is 5.90. The molecule has 2 aliphatic heterocycles. The van der Waals surface area contributed by atoms with E-state index >= 15 is 0 Å². The van der Waals surface area contributed by atoms with E-state index in [2.05, 4.69) is 14.9 Å². The van der Waals surface area contributed by atoms with Crippen molar-refractivity contribution in [3.05, 3.63) is 23.8 Å². The molecule has 1 aliphatic carbocycles. The van der Waals surface area contributed by atoms with Crippen LogP contribution in [0.2, 0.25) is 0 Å². The minimum Gasteiger partial charge on any atom is -0.337 e. The highest BCUT2D eigenvalue weighted by molar-refractivity contribution is 5.92. The second-order valence-electron chi connectivity index (χ2n) is 7.55. The van der Waals surface area contributed by atoms with E-state index in [0.717, 1.165) is 37.5 Å². The van der Waals surface area contributed by atoms with E-state index in [1.54, 1.807) is 12.4 Å². The molecule has 23 heavy (non-hydrogen) atoms. The molecule has 1 aromatic rings. The number of likely N-dealkylation sites (tertiary alicyclic amines) is 2. The Bertz CT molecular complexity index is 573. The minimum absolute atomic E-state index is 0.0408. The average Bonchev–Trinajstić information content (AvgIpc) is 3.31. The summed E-state index contributed by atoms with van der Waals surface area (Å²) in [5, 5.41) is 0. The topological polar surface area (TPSA) is 49.3 Å². The van der Waals surface area contributed by atoms with Gasteiger partial charge in [0.25, 0.3) is 5.91 Å². The molecule has 0 N–H and O–H groups in total. The molecule has 0 aromatic carbocycles. The fourth-order valence-corrected chi connectivity index (χ4v) is 4.25. The Morgan fingerprint density at radius 1 is 1.17 bits per heavy atom. The number of hydrogen-bond donors (Lipinski definition) is 0. The lowest BCUT2D eigenvalue weighted by molar-refractivity contribution is 0.0392. The maximum Gasteiger partial charge on any atom is 0.274 e. The maximum atomic E-state index is 12.6. The first-order chi connectivity index (χ1) is 11.2. The van der Waals surface area contributed by atoms with Crippen LogP contribution < -0.4 is 0 Å². The molecule has 1 aromatic heterocycles. The molecule has 3 heterocycles. The van der Waals surface area contributed by atoms with Gasteiger partial charge in [0, 0.05) is 31.4 Å². The van der Waals surface area contributed by atoms with Crippen molar-refractivity contribution in [2.45, 2.75) is 51.0 Å². The van der Waals surface area contributed by atoms with E-state index in [0.29, 0.717) is 11.2 Å². The molecule has 4 rings (SSSR count). The molecule has 1 amide bonds. The van der Waals surface area contributed by atoms with Crippen LogP contribution in [0.5, 0.6) is 0 Å². The van der Waals surface area contributed by atoms with Crippen LogP contribution in [0, 0.1) is 12.8 Å².